The van der Waals surface area contributed by atoms with Crippen LogP contribution in [0.2, 0.25) is 0 Å². The minimum absolute atomic E-state index is 0.127. The van der Waals surface area contributed by atoms with Gasteiger partial charge in [-0.25, -0.2) is 22.0 Å². The van der Waals surface area contributed by atoms with Crippen LogP contribution >= 0.6 is 0 Å². The van der Waals surface area contributed by atoms with E-state index in [1.165, 1.54) is 4.31 Å². The molecule has 0 unspecified atom stereocenters. The number of nitrogens with one attached hydrogen (secondary N) is 2. The molecule has 9 nitrogen and oxygen atoms in total. The quantitative estimate of drug-likeness (QED) is 0.665. The van der Waals surface area contributed by atoms with E-state index >= 15 is 0 Å². The monoisotopic (exact) mass is 429 g/mol. The van der Waals surface area contributed by atoms with Crippen LogP contribution in [0.3, 0.4) is 0 Å². The molecule has 0 radical (unpaired) electrons. The Balaban J connectivity index is 1.59. The number of sulfonamides is 1. The van der Waals surface area contributed by atoms with Gasteiger partial charge in [0.1, 0.15) is 22.2 Å². The van der Waals surface area contributed by atoms with Crippen LogP contribution in [-0.4, -0.2) is 62.5 Å². The smallest absolute Gasteiger partial charge is 0.355 e. The molecule has 1 aliphatic heterocycles. The summed E-state index contributed by atoms with van der Waals surface area (Å²) in [5, 5.41) is 2.07. The molecule has 0 spiro atoms. The van der Waals surface area contributed by atoms with Gasteiger partial charge in [-0.1, -0.05) is 0 Å². The van der Waals surface area contributed by atoms with E-state index in [0.717, 1.165) is 30.5 Å². The second-order valence-corrected chi connectivity index (χ2v) is 7.95. The van der Waals surface area contributed by atoms with Crippen molar-refractivity contribution in [2.24, 2.45) is 0 Å². The predicted octanol–water partition coefficient (Wildman–Crippen LogP) is 1.11. The summed E-state index contributed by atoms with van der Waals surface area (Å²) in [6.07, 6.45) is 1.14. The number of aromatic amines is 1. The van der Waals surface area contributed by atoms with Gasteiger partial charge in [-0.05, 0) is 18.2 Å². The first-order valence-electron chi connectivity index (χ1n) is 8.46. The number of esters is 1. The molecule has 1 fully saturated rings. The van der Waals surface area contributed by atoms with Gasteiger partial charge >= 0.3 is 5.97 Å². The second kappa shape index (κ2) is 8.68. The number of aromatic nitrogens is 1. The van der Waals surface area contributed by atoms with Gasteiger partial charge in [0, 0.05) is 25.4 Å². The van der Waals surface area contributed by atoms with Gasteiger partial charge in [-0.3, -0.25) is 4.79 Å². The molecule has 0 aliphatic carbocycles. The van der Waals surface area contributed by atoms with E-state index in [-0.39, 0.29) is 36.9 Å². The largest absolute Gasteiger partial charge is 0.451 e. The zero-order valence-corrected chi connectivity index (χ0v) is 15.8. The molecular formula is C17H17F2N3O6S. The number of benzene rings is 1. The van der Waals surface area contributed by atoms with E-state index in [0.29, 0.717) is 0 Å². The number of morpholine rings is 1. The Kier molecular flexibility index (Phi) is 6.25. The van der Waals surface area contributed by atoms with E-state index in [2.05, 4.69) is 10.3 Å². The predicted molar refractivity (Wildman–Crippen MR) is 95.6 cm³/mol. The van der Waals surface area contributed by atoms with Crippen molar-refractivity contribution < 1.29 is 36.3 Å². The maximum absolute atomic E-state index is 13.5. The maximum atomic E-state index is 13.5. The van der Waals surface area contributed by atoms with Crippen LogP contribution in [-0.2, 0) is 24.3 Å². The average molecular weight is 429 g/mol. The first-order chi connectivity index (χ1) is 13.8. The molecule has 12 heteroatoms. The molecule has 1 aromatic heterocycles. The second-order valence-electron chi connectivity index (χ2n) is 6.01. The summed E-state index contributed by atoms with van der Waals surface area (Å²) in [4.78, 5) is 26.2. The van der Waals surface area contributed by atoms with Crippen LogP contribution in [0.25, 0.3) is 0 Å². The third kappa shape index (κ3) is 4.96. The van der Waals surface area contributed by atoms with Crippen LogP contribution in [0.1, 0.15) is 10.5 Å². The van der Waals surface area contributed by atoms with Crippen LogP contribution in [0.15, 0.2) is 35.4 Å². The van der Waals surface area contributed by atoms with E-state index in [4.69, 9.17) is 9.47 Å². The lowest BCUT2D eigenvalue weighted by atomic mass is 10.3. The van der Waals surface area contributed by atoms with Gasteiger partial charge < -0.3 is 19.8 Å². The topological polar surface area (TPSA) is 118 Å². The van der Waals surface area contributed by atoms with Gasteiger partial charge in [-0.15, -0.1) is 0 Å². The highest BCUT2D eigenvalue weighted by atomic mass is 32.2. The minimum Gasteiger partial charge on any atom is -0.451 e. The van der Waals surface area contributed by atoms with Crippen molar-refractivity contribution in [2.75, 3.05) is 38.2 Å². The van der Waals surface area contributed by atoms with Crippen LogP contribution in [0.5, 0.6) is 0 Å². The molecule has 156 valence electrons. The van der Waals surface area contributed by atoms with E-state index < -0.39 is 45.8 Å². The average Bonchev–Trinajstić information content (AvgIpc) is 3.21. The Morgan fingerprint density at radius 3 is 2.66 bits per heavy atom. The highest BCUT2D eigenvalue weighted by Crippen LogP contribution is 2.19. The highest BCUT2D eigenvalue weighted by Gasteiger charge is 2.28. The van der Waals surface area contributed by atoms with Crippen molar-refractivity contribution >= 4 is 27.6 Å². The molecule has 29 heavy (non-hydrogen) atoms. The van der Waals surface area contributed by atoms with Gasteiger partial charge in [0.25, 0.3) is 5.91 Å². The van der Waals surface area contributed by atoms with Crippen molar-refractivity contribution in [3.8, 4) is 0 Å². The molecule has 3 rings (SSSR count). The fraction of sp³-hybridized carbons (Fsp3) is 0.294. The number of rotatable bonds is 6. The number of H-pyrrole nitrogens is 1. The fourth-order valence-electron chi connectivity index (χ4n) is 2.57. The SMILES string of the molecule is O=C(COC(=O)c1cc(S(=O)(=O)N2CCOCC2)c[nH]1)Nc1cc(F)ccc1F. The van der Waals surface area contributed by atoms with Crippen LogP contribution < -0.4 is 5.32 Å². The normalized spacial score (nSPS) is 15.1. The number of anilines is 1. The summed E-state index contributed by atoms with van der Waals surface area (Å²) in [7, 11) is -3.80. The number of carbonyl (C=O) groups excluding carboxylic acids is 2. The van der Waals surface area contributed by atoms with Crippen molar-refractivity contribution in [3.63, 3.8) is 0 Å². The molecule has 0 atom stereocenters. The molecule has 2 heterocycles. The van der Waals surface area contributed by atoms with Gasteiger partial charge in [0.05, 0.1) is 18.9 Å². The summed E-state index contributed by atoms with van der Waals surface area (Å²) >= 11 is 0. The lowest BCUT2D eigenvalue weighted by Gasteiger charge is -2.25. The third-order valence-corrected chi connectivity index (χ3v) is 5.90. The van der Waals surface area contributed by atoms with Gasteiger partial charge in [0.2, 0.25) is 10.0 Å². The third-order valence-electron chi connectivity index (χ3n) is 4.02. The molecular weight excluding hydrogens is 412 g/mol. The molecule has 1 aromatic carbocycles. The number of hydrogen-bond donors (Lipinski definition) is 2. The Labute approximate surface area is 164 Å². The van der Waals surface area contributed by atoms with Crippen molar-refractivity contribution in [2.45, 2.75) is 4.90 Å². The van der Waals surface area contributed by atoms with Crippen LogP contribution in [0, 0.1) is 11.6 Å². The first-order valence-corrected chi connectivity index (χ1v) is 9.90. The molecule has 1 amide bonds. The summed E-state index contributed by atoms with van der Waals surface area (Å²) in [6.45, 7) is 0.173. The summed E-state index contributed by atoms with van der Waals surface area (Å²) in [6, 6.07) is 3.60. The van der Waals surface area contributed by atoms with Gasteiger partial charge in [0.15, 0.2) is 6.61 Å². The van der Waals surface area contributed by atoms with Crippen LogP contribution in [0.4, 0.5) is 14.5 Å². The van der Waals surface area contributed by atoms with Crippen molar-refractivity contribution in [1.82, 2.24) is 9.29 Å². The Morgan fingerprint density at radius 1 is 1.21 bits per heavy atom. The number of hydrogen-bond acceptors (Lipinski definition) is 6. The standard InChI is InChI=1S/C17H17F2N3O6S/c18-11-1-2-13(19)14(7-11)21-16(23)10-28-17(24)15-8-12(9-20-15)29(25,26)22-3-5-27-6-4-22/h1-2,7-9,20H,3-6,10H2,(H,21,23). The van der Waals surface area contributed by atoms with E-state index in [9.17, 15) is 26.8 Å². The summed E-state index contributed by atoms with van der Waals surface area (Å²) in [5.41, 5.74) is -0.577. The lowest BCUT2D eigenvalue weighted by Crippen LogP contribution is -2.40. The summed E-state index contributed by atoms with van der Waals surface area (Å²) < 4.78 is 62.8. The Hall–Kier alpha value is -2.83. The number of ether oxygens (including phenoxy) is 2. The van der Waals surface area contributed by atoms with E-state index in [1.54, 1.807) is 0 Å². The zero-order valence-electron chi connectivity index (χ0n) is 15.0. The Bertz CT molecular complexity index is 1020. The highest BCUT2D eigenvalue weighted by molar-refractivity contribution is 7.89. The summed E-state index contributed by atoms with van der Waals surface area (Å²) in [5.74, 6) is -3.48. The Morgan fingerprint density at radius 2 is 1.93 bits per heavy atom. The first kappa shape index (κ1) is 20.9. The molecule has 2 aromatic rings. The molecule has 1 aliphatic rings. The molecule has 1 saturated heterocycles. The zero-order chi connectivity index (χ0) is 21.0. The number of halogens is 2. The van der Waals surface area contributed by atoms with Crippen molar-refractivity contribution in [3.05, 3.63) is 47.8 Å². The number of amides is 1. The fourth-order valence-corrected chi connectivity index (χ4v) is 3.97. The minimum atomic E-state index is -3.80. The molecule has 0 bridgehead atoms. The number of nitrogens with zero attached hydrogens (tertiary/aromatic N) is 1. The van der Waals surface area contributed by atoms with Crippen molar-refractivity contribution in [1.29, 1.82) is 0 Å². The van der Waals surface area contributed by atoms with E-state index in [1.807, 2.05) is 0 Å². The lowest BCUT2D eigenvalue weighted by molar-refractivity contribution is -0.119. The van der Waals surface area contributed by atoms with Gasteiger partial charge in [-0.2, -0.15) is 4.31 Å². The molecule has 0 saturated carbocycles. The number of carbonyl (C=O) groups is 2. The maximum Gasteiger partial charge on any atom is 0.355 e. The molecule has 2 N–H and O–H groups in total.